The maximum atomic E-state index is 11.5. The fraction of sp³-hybridized carbons (Fsp3) is 0.706. The van der Waals surface area contributed by atoms with Gasteiger partial charge in [0.05, 0.1) is 12.7 Å². The number of guanidine groups is 1. The zero-order valence-corrected chi connectivity index (χ0v) is 16.1. The molecule has 8 heteroatoms. The maximum absolute atomic E-state index is 11.5. The topological polar surface area (TPSA) is 92.6 Å². The first-order valence-electron chi connectivity index (χ1n) is 8.78. The van der Waals surface area contributed by atoms with Gasteiger partial charge in [0.1, 0.15) is 5.60 Å². The van der Waals surface area contributed by atoms with Gasteiger partial charge in [-0.3, -0.25) is 9.67 Å². The number of aryl methyl sites for hydroxylation is 1. The van der Waals surface area contributed by atoms with Crippen molar-refractivity contribution >= 4 is 12.1 Å². The van der Waals surface area contributed by atoms with Gasteiger partial charge in [-0.1, -0.05) is 0 Å². The second-order valence-corrected chi connectivity index (χ2v) is 6.75. The van der Waals surface area contributed by atoms with Crippen LogP contribution in [0.4, 0.5) is 4.79 Å². The van der Waals surface area contributed by atoms with E-state index in [-0.39, 0.29) is 0 Å². The summed E-state index contributed by atoms with van der Waals surface area (Å²) in [4.78, 5) is 16.0. The monoisotopic (exact) mass is 352 g/mol. The number of aromatic nitrogens is 2. The zero-order chi connectivity index (χ0) is 18.7. The number of aliphatic imine (C=N–C) groups is 1. The summed E-state index contributed by atoms with van der Waals surface area (Å²) < 4.78 is 7.08. The Morgan fingerprint density at radius 1 is 1.28 bits per heavy atom. The summed E-state index contributed by atoms with van der Waals surface area (Å²) in [5.41, 5.74) is 0.676. The molecule has 8 nitrogen and oxygen atoms in total. The second-order valence-electron chi connectivity index (χ2n) is 6.75. The molecule has 0 atom stereocenters. The summed E-state index contributed by atoms with van der Waals surface area (Å²) in [6.07, 6.45) is 4.20. The number of carbonyl (C=O) groups is 1. The number of ether oxygens (including phenoxy) is 1. The standard InChI is InChI=1S/C17H32N6O2/c1-6-18-15(20-10-11-23-13-14(2)12-22-23)19-8-7-9-21-16(24)25-17(3,4)5/h12-13H,6-11H2,1-5H3,(H,21,24)(H2,18,19,20). The molecule has 0 bridgehead atoms. The molecule has 0 aliphatic carbocycles. The van der Waals surface area contributed by atoms with E-state index in [9.17, 15) is 4.79 Å². The maximum Gasteiger partial charge on any atom is 0.407 e. The van der Waals surface area contributed by atoms with E-state index in [4.69, 9.17) is 4.74 Å². The van der Waals surface area contributed by atoms with Crippen LogP contribution in [0.2, 0.25) is 0 Å². The lowest BCUT2D eigenvalue weighted by Gasteiger charge is -2.19. The summed E-state index contributed by atoms with van der Waals surface area (Å²) in [6, 6.07) is 0. The van der Waals surface area contributed by atoms with Crippen LogP contribution in [-0.2, 0) is 11.3 Å². The normalized spacial score (nSPS) is 12.0. The van der Waals surface area contributed by atoms with Gasteiger partial charge in [-0.05, 0) is 46.6 Å². The molecule has 0 saturated heterocycles. The Hall–Kier alpha value is -2.25. The number of alkyl carbamates (subject to hydrolysis) is 1. The quantitative estimate of drug-likeness (QED) is 0.376. The number of hydrogen-bond acceptors (Lipinski definition) is 4. The van der Waals surface area contributed by atoms with Gasteiger partial charge in [0, 0.05) is 32.4 Å². The SMILES string of the molecule is CCNC(=NCCCNC(=O)OC(C)(C)C)NCCn1cc(C)cn1. The molecule has 1 rings (SSSR count). The molecule has 142 valence electrons. The Labute approximate surface area is 150 Å². The van der Waals surface area contributed by atoms with Gasteiger partial charge in [0.2, 0.25) is 0 Å². The second kappa shape index (κ2) is 10.6. The number of nitrogens with zero attached hydrogens (tertiary/aromatic N) is 3. The first-order valence-corrected chi connectivity index (χ1v) is 8.78. The molecule has 0 saturated carbocycles. The predicted octanol–water partition coefficient (Wildman–Crippen LogP) is 1.66. The number of rotatable bonds is 8. The molecule has 1 amide bonds. The van der Waals surface area contributed by atoms with Crippen molar-refractivity contribution in [3.05, 3.63) is 18.0 Å². The Bertz CT molecular complexity index is 548. The van der Waals surface area contributed by atoms with E-state index in [1.807, 2.05) is 51.7 Å². The van der Waals surface area contributed by atoms with E-state index in [1.165, 1.54) is 0 Å². The number of carbonyl (C=O) groups excluding carboxylic acids is 1. The van der Waals surface area contributed by atoms with Crippen molar-refractivity contribution in [2.45, 2.75) is 53.2 Å². The molecule has 1 aromatic rings. The van der Waals surface area contributed by atoms with Crippen LogP contribution < -0.4 is 16.0 Å². The Kier molecular flexibility index (Phi) is 8.80. The minimum absolute atomic E-state index is 0.393. The van der Waals surface area contributed by atoms with E-state index in [0.717, 1.165) is 37.6 Å². The number of hydrogen-bond donors (Lipinski definition) is 3. The van der Waals surface area contributed by atoms with Crippen molar-refractivity contribution in [3.63, 3.8) is 0 Å². The summed E-state index contributed by atoms with van der Waals surface area (Å²) in [6.45, 7) is 13.0. The van der Waals surface area contributed by atoms with Crippen LogP contribution in [0.1, 0.15) is 39.7 Å². The largest absolute Gasteiger partial charge is 0.444 e. The van der Waals surface area contributed by atoms with E-state index < -0.39 is 11.7 Å². The summed E-state index contributed by atoms with van der Waals surface area (Å²) in [5, 5.41) is 13.5. The van der Waals surface area contributed by atoms with Crippen molar-refractivity contribution in [2.24, 2.45) is 4.99 Å². The molecule has 1 heterocycles. The molecule has 25 heavy (non-hydrogen) atoms. The highest BCUT2D eigenvalue weighted by atomic mass is 16.6. The van der Waals surface area contributed by atoms with Gasteiger partial charge >= 0.3 is 6.09 Å². The fourth-order valence-electron chi connectivity index (χ4n) is 1.99. The van der Waals surface area contributed by atoms with Crippen LogP contribution in [0, 0.1) is 6.92 Å². The highest BCUT2D eigenvalue weighted by Gasteiger charge is 2.15. The minimum Gasteiger partial charge on any atom is -0.444 e. The van der Waals surface area contributed by atoms with Crippen LogP contribution in [-0.4, -0.2) is 53.6 Å². The third kappa shape index (κ3) is 10.3. The van der Waals surface area contributed by atoms with E-state index in [1.54, 1.807) is 0 Å². The smallest absolute Gasteiger partial charge is 0.407 e. The Morgan fingerprint density at radius 3 is 2.64 bits per heavy atom. The van der Waals surface area contributed by atoms with Crippen LogP contribution in [0.25, 0.3) is 0 Å². The average Bonchev–Trinajstić information content (AvgIpc) is 2.90. The van der Waals surface area contributed by atoms with Gasteiger partial charge in [-0.25, -0.2) is 4.79 Å². The predicted molar refractivity (Wildman–Crippen MR) is 99.8 cm³/mol. The van der Waals surface area contributed by atoms with Gasteiger partial charge in [0.15, 0.2) is 5.96 Å². The number of amides is 1. The summed E-state index contributed by atoms with van der Waals surface area (Å²) >= 11 is 0. The molecular formula is C17H32N6O2. The van der Waals surface area contributed by atoms with Crippen molar-refractivity contribution in [1.82, 2.24) is 25.7 Å². The molecule has 1 aromatic heterocycles. The molecule has 0 spiro atoms. The van der Waals surface area contributed by atoms with Crippen molar-refractivity contribution in [1.29, 1.82) is 0 Å². The highest BCUT2D eigenvalue weighted by molar-refractivity contribution is 5.79. The van der Waals surface area contributed by atoms with Gasteiger partial charge in [-0.2, -0.15) is 5.10 Å². The van der Waals surface area contributed by atoms with Crippen LogP contribution in [0.15, 0.2) is 17.4 Å². The lowest BCUT2D eigenvalue weighted by Crippen LogP contribution is -2.39. The average molecular weight is 352 g/mol. The molecule has 0 unspecified atom stereocenters. The molecule has 0 aliphatic heterocycles. The third-order valence-corrected chi connectivity index (χ3v) is 3.01. The summed E-state index contributed by atoms with van der Waals surface area (Å²) in [5.74, 6) is 0.767. The Balaban J connectivity index is 2.24. The van der Waals surface area contributed by atoms with E-state index in [0.29, 0.717) is 13.1 Å². The van der Waals surface area contributed by atoms with E-state index in [2.05, 4.69) is 26.0 Å². The molecular weight excluding hydrogens is 320 g/mol. The van der Waals surface area contributed by atoms with Gasteiger partial charge < -0.3 is 20.7 Å². The van der Waals surface area contributed by atoms with Crippen LogP contribution in [0.3, 0.4) is 0 Å². The molecule has 0 fully saturated rings. The Morgan fingerprint density at radius 2 is 2.04 bits per heavy atom. The highest BCUT2D eigenvalue weighted by Crippen LogP contribution is 2.06. The van der Waals surface area contributed by atoms with Gasteiger partial charge in [0.25, 0.3) is 0 Å². The molecule has 0 aromatic carbocycles. The van der Waals surface area contributed by atoms with Crippen LogP contribution >= 0.6 is 0 Å². The first-order chi connectivity index (χ1) is 11.8. The number of nitrogens with one attached hydrogen (secondary N) is 3. The van der Waals surface area contributed by atoms with Crippen molar-refractivity contribution in [2.75, 3.05) is 26.2 Å². The van der Waals surface area contributed by atoms with E-state index >= 15 is 0 Å². The van der Waals surface area contributed by atoms with Crippen molar-refractivity contribution in [3.8, 4) is 0 Å². The minimum atomic E-state index is -0.475. The molecule has 3 N–H and O–H groups in total. The first kappa shape index (κ1) is 20.8. The third-order valence-electron chi connectivity index (χ3n) is 3.01. The molecule has 0 aliphatic rings. The zero-order valence-electron chi connectivity index (χ0n) is 16.1. The van der Waals surface area contributed by atoms with Gasteiger partial charge in [-0.15, -0.1) is 0 Å². The lowest BCUT2D eigenvalue weighted by molar-refractivity contribution is 0.0527. The lowest BCUT2D eigenvalue weighted by atomic mass is 10.2. The fourth-order valence-corrected chi connectivity index (χ4v) is 1.99. The van der Waals surface area contributed by atoms with Crippen molar-refractivity contribution < 1.29 is 9.53 Å². The summed E-state index contributed by atoms with van der Waals surface area (Å²) in [7, 11) is 0. The molecule has 0 radical (unpaired) electrons. The van der Waals surface area contributed by atoms with Crippen LogP contribution in [0.5, 0.6) is 0 Å².